The molecule has 2 aromatic carbocycles. The minimum Gasteiger partial charge on any atom is -0.489 e. The number of hydrogen-bond acceptors (Lipinski definition) is 3. The molecule has 1 aliphatic rings. The summed E-state index contributed by atoms with van der Waals surface area (Å²) in [4.78, 5) is 11.8. The van der Waals surface area contributed by atoms with Gasteiger partial charge in [0.25, 0.3) is 0 Å². The first kappa shape index (κ1) is 14.6. The average molecular weight is 296 g/mol. The largest absolute Gasteiger partial charge is 0.489 e. The van der Waals surface area contributed by atoms with Crippen molar-refractivity contribution in [3.05, 3.63) is 65.7 Å². The van der Waals surface area contributed by atoms with Crippen LogP contribution in [0.4, 0.5) is 0 Å². The summed E-state index contributed by atoms with van der Waals surface area (Å²) in [7, 11) is 0. The summed E-state index contributed by atoms with van der Waals surface area (Å²) in [6, 6.07) is 18.1. The van der Waals surface area contributed by atoms with Gasteiger partial charge in [0.15, 0.2) is 0 Å². The zero-order valence-corrected chi connectivity index (χ0v) is 12.7. The van der Waals surface area contributed by atoms with E-state index in [1.165, 1.54) is 0 Å². The summed E-state index contributed by atoms with van der Waals surface area (Å²) >= 11 is 0. The lowest BCUT2D eigenvalue weighted by molar-refractivity contribution is -0.144. The summed E-state index contributed by atoms with van der Waals surface area (Å²) in [5.41, 5.74) is 2.24. The van der Waals surface area contributed by atoms with Crippen molar-refractivity contribution in [1.82, 2.24) is 0 Å². The van der Waals surface area contributed by atoms with Crippen molar-refractivity contribution in [2.24, 2.45) is 5.92 Å². The first-order chi connectivity index (χ1) is 10.8. The van der Waals surface area contributed by atoms with Gasteiger partial charge in [-0.15, -0.1) is 0 Å². The number of hydrogen-bond donors (Lipinski definition) is 0. The summed E-state index contributed by atoms with van der Waals surface area (Å²) in [5.74, 6) is 0.987. The van der Waals surface area contributed by atoms with Crippen LogP contribution in [0.3, 0.4) is 0 Å². The monoisotopic (exact) mass is 296 g/mol. The molecule has 0 unspecified atom stereocenters. The standard InChI is InChI=1S/C19H20O3/c1-2-21-19(20)17-12-16(17)15-10-6-7-11-18(15)22-13-14-8-4-3-5-9-14/h3-11,16-17H,2,12-13H2,1H3/t16-,17+/m0/s1. The smallest absolute Gasteiger partial charge is 0.309 e. The van der Waals surface area contributed by atoms with E-state index in [2.05, 4.69) is 0 Å². The number of ether oxygens (including phenoxy) is 2. The molecule has 0 amide bonds. The number of esters is 1. The number of rotatable bonds is 6. The van der Waals surface area contributed by atoms with Crippen molar-refractivity contribution in [3.63, 3.8) is 0 Å². The number of carbonyl (C=O) groups is 1. The van der Waals surface area contributed by atoms with Crippen molar-refractivity contribution in [2.75, 3.05) is 6.61 Å². The molecular formula is C19H20O3. The third kappa shape index (κ3) is 3.30. The molecule has 1 fully saturated rings. The van der Waals surface area contributed by atoms with Gasteiger partial charge in [0.1, 0.15) is 12.4 Å². The van der Waals surface area contributed by atoms with Crippen LogP contribution in [0.1, 0.15) is 30.4 Å². The third-order valence-corrected chi connectivity index (χ3v) is 3.94. The van der Waals surface area contributed by atoms with Crippen LogP contribution in [0.15, 0.2) is 54.6 Å². The average Bonchev–Trinajstić information content (AvgIpc) is 3.35. The van der Waals surface area contributed by atoms with Crippen LogP contribution < -0.4 is 4.74 Å². The van der Waals surface area contributed by atoms with Crippen molar-refractivity contribution in [3.8, 4) is 5.75 Å². The molecule has 2 aromatic rings. The molecule has 0 aliphatic heterocycles. The molecule has 3 nitrogen and oxygen atoms in total. The van der Waals surface area contributed by atoms with Crippen LogP contribution in [0.2, 0.25) is 0 Å². The van der Waals surface area contributed by atoms with Crippen LogP contribution >= 0.6 is 0 Å². The summed E-state index contributed by atoms with van der Waals surface area (Å²) in [6.45, 7) is 2.81. The fraction of sp³-hybridized carbons (Fsp3) is 0.316. The van der Waals surface area contributed by atoms with E-state index in [0.29, 0.717) is 13.2 Å². The zero-order chi connectivity index (χ0) is 15.4. The van der Waals surface area contributed by atoms with E-state index in [0.717, 1.165) is 23.3 Å². The first-order valence-electron chi connectivity index (χ1n) is 7.72. The molecule has 0 heterocycles. The minimum absolute atomic E-state index is 0.0126. The lowest BCUT2D eigenvalue weighted by Gasteiger charge is -2.11. The third-order valence-electron chi connectivity index (χ3n) is 3.94. The fourth-order valence-corrected chi connectivity index (χ4v) is 2.70. The van der Waals surface area contributed by atoms with E-state index in [-0.39, 0.29) is 17.8 Å². The minimum atomic E-state index is -0.0923. The van der Waals surface area contributed by atoms with Crippen molar-refractivity contribution >= 4 is 5.97 Å². The SMILES string of the molecule is CCOC(=O)[C@@H]1C[C@H]1c1ccccc1OCc1ccccc1. The summed E-state index contributed by atoms with van der Waals surface area (Å²) in [5, 5.41) is 0. The Morgan fingerprint density at radius 2 is 1.82 bits per heavy atom. The van der Waals surface area contributed by atoms with Crippen LogP contribution in [0.5, 0.6) is 5.75 Å². The quantitative estimate of drug-likeness (QED) is 0.758. The van der Waals surface area contributed by atoms with Gasteiger partial charge in [-0.25, -0.2) is 0 Å². The molecule has 0 N–H and O–H groups in total. The maximum Gasteiger partial charge on any atom is 0.309 e. The molecule has 0 bridgehead atoms. The Bertz CT molecular complexity index is 636. The highest BCUT2D eigenvalue weighted by molar-refractivity contribution is 5.77. The zero-order valence-electron chi connectivity index (χ0n) is 12.7. The van der Waals surface area contributed by atoms with Gasteiger partial charge in [-0.3, -0.25) is 4.79 Å². The van der Waals surface area contributed by atoms with E-state index < -0.39 is 0 Å². The van der Waals surface area contributed by atoms with E-state index in [9.17, 15) is 4.79 Å². The molecule has 0 spiro atoms. The molecule has 0 aromatic heterocycles. The van der Waals surface area contributed by atoms with Gasteiger partial charge >= 0.3 is 5.97 Å². The van der Waals surface area contributed by atoms with Crippen LogP contribution in [0, 0.1) is 5.92 Å². The van der Waals surface area contributed by atoms with E-state index >= 15 is 0 Å². The normalized spacial score (nSPS) is 19.5. The van der Waals surface area contributed by atoms with Crippen molar-refractivity contribution in [2.45, 2.75) is 25.9 Å². The Morgan fingerprint density at radius 3 is 2.59 bits per heavy atom. The van der Waals surface area contributed by atoms with Gasteiger partial charge in [-0.2, -0.15) is 0 Å². The van der Waals surface area contributed by atoms with Gasteiger partial charge in [0.2, 0.25) is 0 Å². The molecule has 3 heteroatoms. The number of benzene rings is 2. The Labute approximate surface area is 130 Å². The molecule has 114 valence electrons. The molecule has 22 heavy (non-hydrogen) atoms. The van der Waals surface area contributed by atoms with E-state index in [1.807, 2.05) is 61.5 Å². The first-order valence-corrected chi connectivity index (χ1v) is 7.72. The van der Waals surface area contributed by atoms with Crippen LogP contribution in [0.25, 0.3) is 0 Å². The second kappa shape index (κ2) is 6.65. The molecule has 0 radical (unpaired) electrons. The maximum atomic E-state index is 11.8. The predicted molar refractivity (Wildman–Crippen MR) is 84.7 cm³/mol. The van der Waals surface area contributed by atoms with Gasteiger partial charge in [-0.1, -0.05) is 48.5 Å². The highest BCUT2D eigenvalue weighted by Crippen LogP contribution is 2.51. The van der Waals surface area contributed by atoms with E-state index in [1.54, 1.807) is 0 Å². The Kier molecular flexibility index (Phi) is 4.42. The molecule has 2 atom stereocenters. The highest BCUT2D eigenvalue weighted by atomic mass is 16.5. The summed E-state index contributed by atoms with van der Waals surface area (Å²) < 4.78 is 11.1. The fourth-order valence-electron chi connectivity index (χ4n) is 2.70. The van der Waals surface area contributed by atoms with Gasteiger partial charge in [0, 0.05) is 5.92 Å². The lowest BCUT2D eigenvalue weighted by atomic mass is 10.1. The molecular weight excluding hydrogens is 276 g/mol. The number of carbonyl (C=O) groups excluding carboxylic acids is 1. The van der Waals surface area contributed by atoms with Crippen LogP contribution in [-0.4, -0.2) is 12.6 Å². The maximum absolute atomic E-state index is 11.8. The Balaban J connectivity index is 1.68. The van der Waals surface area contributed by atoms with Gasteiger partial charge in [-0.05, 0) is 30.5 Å². The Hall–Kier alpha value is -2.29. The second-order valence-corrected chi connectivity index (χ2v) is 5.51. The van der Waals surface area contributed by atoms with Crippen LogP contribution in [-0.2, 0) is 16.1 Å². The second-order valence-electron chi connectivity index (χ2n) is 5.51. The number of para-hydroxylation sites is 1. The van der Waals surface area contributed by atoms with E-state index in [4.69, 9.17) is 9.47 Å². The molecule has 0 saturated heterocycles. The Morgan fingerprint density at radius 1 is 1.09 bits per heavy atom. The molecule has 3 rings (SSSR count). The highest BCUT2D eigenvalue weighted by Gasteiger charge is 2.46. The van der Waals surface area contributed by atoms with Crippen molar-refractivity contribution < 1.29 is 14.3 Å². The summed E-state index contributed by atoms with van der Waals surface area (Å²) in [6.07, 6.45) is 0.852. The topological polar surface area (TPSA) is 35.5 Å². The molecule has 1 saturated carbocycles. The lowest BCUT2D eigenvalue weighted by Crippen LogP contribution is -2.07. The van der Waals surface area contributed by atoms with Gasteiger partial charge in [0.05, 0.1) is 12.5 Å². The van der Waals surface area contributed by atoms with Gasteiger partial charge < -0.3 is 9.47 Å². The predicted octanol–water partition coefficient (Wildman–Crippen LogP) is 3.93. The molecule has 1 aliphatic carbocycles. The van der Waals surface area contributed by atoms with Crippen molar-refractivity contribution in [1.29, 1.82) is 0 Å².